The fraction of sp³-hybridized carbons (Fsp3) is 0.781. The minimum Gasteiger partial charge on any atom is -0.445 e. The Morgan fingerprint density at radius 3 is 1.52 bits per heavy atom. The first-order chi connectivity index (χ1) is 19.6. The van der Waals surface area contributed by atoms with Crippen LogP contribution in [-0.4, -0.2) is 38.5 Å². The third kappa shape index (κ3) is 23.8. The first kappa shape index (κ1) is 35.9. The first-order valence-corrected chi connectivity index (χ1v) is 16.9. The van der Waals surface area contributed by atoms with Crippen LogP contribution >= 0.6 is 11.3 Å². The van der Waals surface area contributed by atoms with Crippen molar-refractivity contribution >= 4 is 23.5 Å². The second-order valence-corrected chi connectivity index (χ2v) is 11.6. The van der Waals surface area contributed by atoms with Crippen molar-refractivity contribution in [2.75, 3.05) is 26.3 Å². The van der Waals surface area contributed by atoms with Gasteiger partial charge in [-0.3, -0.25) is 0 Å². The molecule has 0 saturated carbocycles. The molecule has 0 aliphatic rings. The summed E-state index contributed by atoms with van der Waals surface area (Å²) in [4.78, 5) is 23.6. The summed E-state index contributed by atoms with van der Waals surface area (Å²) in [5.41, 5.74) is 2.64. The summed E-state index contributed by atoms with van der Waals surface area (Å²) in [6, 6.07) is 0. The van der Waals surface area contributed by atoms with Gasteiger partial charge in [0, 0.05) is 19.5 Å². The highest BCUT2D eigenvalue weighted by Gasteiger charge is 2.07. The number of carbonyl (C=O) groups excluding carboxylic acids is 2. The van der Waals surface area contributed by atoms with Gasteiger partial charge in [-0.2, -0.15) is 4.57 Å². The molecule has 0 radical (unpaired) electrons. The molecule has 1 aromatic heterocycles. The molecule has 7 nitrogen and oxygen atoms in total. The molecular weight excluding hydrogens is 522 g/mol. The van der Waals surface area contributed by atoms with Crippen molar-refractivity contribution in [1.29, 1.82) is 0 Å². The number of thiazole rings is 1. The van der Waals surface area contributed by atoms with Crippen LogP contribution in [0.1, 0.15) is 129 Å². The Labute approximate surface area is 248 Å². The minimum absolute atomic E-state index is 0.0348. The summed E-state index contributed by atoms with van der Waals surface area (Å²) in [5.74, 6) is 0. The average Bonchev–Trinajstić information content (AvgIpc) is 3.48. The molecule has 0 aromatic carbocycles. The van der Waals surface area contributed by atoms with Crippen LogP contribution in [0.5, 0.6) is 0 Å². The lowest BCUT2D eigenvalue weighted by Gasteiger charge is -2.10. The van der Waals surface area contributed by atoms with Gasteiger partial charge in [0.1, 0.15) is 19.8 Å². The van der Waals surface area contributed by atoms with Gasteiger partial charge in [-0.1, -0.05) is 121 Å². The van der Waals surface area contributed by atoms with Gasteiger partial charge in [0.15, 0.2) is 6.20 Å². The van der Waals surface area contributed by atoms with E-state index in [0.717, 1.165) is 38.6 Å². The lowest BCUT2D eigenvalue weighted by atomic mass is 10.0. The number of nitrogens with one attached hydrogen (secondary N) is 2. The Morgan fingerprint density at radius 2 is 1.10 bits per heavy atom. The number of hydrogen-bond acceptors (Lipinski definition) is 5. The normalized spacial score (nSPS) is 10.8. The van der Waals surface area contributed by atoms with Crippen molar-refractivity contribution in [2.45, 2.75) is 135 Å². The summed E-state index contributed by atoms with van der Waals surface area (Å²) in [6.07, 6.45) is 25.4. The van der Waals surface area contributed by atoms with E-state index in [-0.39, 0.29) is 13.2 Å². The zero-order chi connectivity index (χ0) is 28.9. The van der Waals surface area contributed by atoms with Crippen LogP contribution < -0.4 is 15.2 Å². The molecule has 0 aliphatic carbocycles. The van der Waals surface area contributed by atoms with Crippen LogP contribution in [0.2, 0.25) is 0 Å². The number of amides is 2. The van der Waals surface area contributed by atoms with E-state index in [4.69, 9.17) is 9.47 Å². The Hall–Kier alpha value is -2.09. The number of ether oxygens (including phenoxy) is 2. The van der Waals surface area contributed by atoms with Crippen LogP contribution in [0.25, 0.3) is 0 Å². The molecule has 0 fully saturated rings. The van der Waals surface area contributed by atoms with E-state index < -0.39 is 12.2 Å². The molecule has 230 valence electrons. The largest absolute Gasteiger partial charge is 0.445 e. The lowest BCUT2D eigenvalue weighted by molar-refractivity contribution is -0.692. The third-order valence-electron chi connectivity index (χ3n) is 7.00. The van der Waals surface area contributed by atoms with Gasteiger partial charge in [0.25, 0.3) is 0 Å². The van der Waals surface area contributed by atoms with Crippen LogP contribution in [0.3, 0.4) is 0 Å². The molecular formula is C32H58N3O4S+. The molecule has 0 aliphatic heterocycles. The number of hydrogen-bond donors (Lipinski definition) is 2. The standard InChI is InChI=1S/C32H57N3O4S/c1-3-4-5-6-7-8-9-10-11-12-13-14-15-16-17-19-22-33-31(36)38-27-30(2)28-39-32(37)34-23-20-18-21-24-35-25-26-40-29-35/h25-26,29H,2-24,27-28H2,1H3,(H-,33,34,36,37)/p+1. The quantitative estimate of drug-likeness (QED) is 0.0621. The maximum atomic E-state index is 11.9. The van der Waals surface area contributed by atoms with E-state index in [1.54, 1.807) is 11.3 Å². The number of aryl methyl sites for hydroxylation is 1. The number of nitrogens with zero attached hydrogens (tertiary/aromatic N) is 1. The van der Waals surface area contributed by atoms with E-state index in [2.05, 4.69) is 45.8 Å². The van der Waals surface area contributed by atoms with Crippen molar-refractivity contribution in [3.8, 4) is 0 Å². The molecule has 1 aromatic rings. The number of rotatable bonds is 27. The van der Waals surface area contributed by atoms with Crippen LogP contribution in [0.4, 0.5) is 9.59 Å². The number of unbranched alkanes of at least 4 members (excludes halogenated alkanes) is 17. The van der Waals surface area contributed by atoms with Gasteiger partial charge < -0.3 is 20.1 Å². The molecule has 2 N–H and O–H groups in total. The van der Waals surface area contributed by atoms with Crippen molar-refractivity contribution in [1.82, 2.24) is 10.6 Å². The molecule has 0 bridgehead atoms. The van der Waals surface area contributed by atoms with Crippen molar-refractivity contribution in [2.24, 2.45) is 0 Å². The fourth-order valence-corrected chi connectivity index (χ4v) is 5.15. The Bertz CT molecular complexity index is 743. The molecule has 1 rings (SSSR count). The molecule has 0 unspecified atom stereocenters. The number of carbonyl (C=O) groups is 2. The highest BCUT2D eigenvalue weighted by atomic mass is 32.1. The number of aromatic nitrogens is 1. The van der Waals surface area contributed by atoms with E-state index in [0.29, 0.717) is 18.7 Å². The second kappa shape index (κ2) is 27.1. The monoisotopic (exact) mass is 580 g/mol. The molecule has 1 heterocycles. The Morgan fingerprint density at radius 1 is 0.675 bits per heavy atom. The zero-order valence-corrected chi connectivity index (χ0v) is 26.2. The lowest BCUT2D eigenvalue weighted by Crippen LogP contribution is -2.30. The fourth-order valence-electron chi connectivity index (χ4n) is 4.52. The molecule has 0 saturated heterocycles. The average molecular weight is 581 g/mol. The highest BCUT2D eigenvalue weighted by molar-refractivity contribution is 7.07. The predicted octanol–water partition coefficient (Wildman–Crippen LogP) is 8.48. The summed E-state index contributed by atoms with van der Waals surface area (Å²) < 4.78 is 12.5. The summed E-state index contributed by atoms with van der Waals surface area (Å²) in [5, 5.41) is 7.59. The van der Waals surface area contributed by atoms with Crippen molar-refractivity contribution in [3.63, 3.8) is 0 Å². The Kier molecular flexibility index (Phi) is 24.3. The SMILES string of the molecule is C=C(COC(=O)NCCCCCCCCCCCCCCCCCC)COC(=O)NCCCCC[n+]1ccsc1. The van der Waals surface area contributed by atoms with Gasteiger partial charge in [0.2, 0.25) is 5.51 Å². The molecule has 0 atom stereocenters. The van der Waals surface area contributed by atoms with Gasteiger partial charge >= 0.3 is 12.2 Å². The summed E-state index contributed by atoms with van der Waals surface area (Å²) in [6.45, 7) is 8.37. The summed E-state index contributed by atoms with van der Waals surface area (Å²) in [7, 11) is 0. The van der Waals surface area contributed by atoms with Gasteiger partial charge in [-0.05, 0) is 24.8 Å². The minimum atomic E-state index is -0.471. The maximum absolute atomic E-state index is 11.9. The first-order valence-electron chi connectivity index (χ1n) is 16.0. The van der Waals surface area contributed by atoms with Gasteiger partial charge in [-0.25, -0.2) is 9.59 Å². The van der Waals surface area contributed by atoms with Crippen LogP contribution in [0.15, 0.2) is 29.2 Å². The van der Waals surface area contributed by atoms with E-state index in [1.807, 2.05) is 0 Å². The zero-order valence-electron chi connectivity index (χ0n) is 25.4. The van der Waals surface area contributed by atoms with Crippen molar-refractivity contribution < 1.29 is 23.6 Å². The van der Waals surface area contributed by atoms with E-state index in [1.165, 1.54) is 89.9 Å². The topological polar surface area (TPSA) is 80.5 Å². The van der Waals surface area contributed by atoms with Crippen LogP contribution in [0, 0.1) is 0 Å². The van der Waals surface area contributed by atoms with Gasteiger partial charge in [0.05, 0.1) is 5.38 Å². The number of alkyl carbamates (subject to hydrolysis) is 2. The maximum Gasteiger partial charge on any atom is 0.407 e. The van der Waals surface area contributed by atoms with Crippen molar-refractivity contribution in [3.05, 3.63) is 29.2 Å². The molecule has 0 spiro atoms. The Balaban J connectivity index is 1.80. The highest BCUT2D eigenvalue weighted by Crippen LogP contribution is 2.13. The summed E-state index contributed by atoms with van der Waals surface area (Å²) >= 11 is 1.69. The van der Waals surface area contributed by atoms with E-state index in [9.17, 15) is 9.59 Å². The second-order valence-electron chi connectivity index (χ2n) is 10.9. The smallest absolute Gasteiger partial charge is 0.407 e. The predicted molar refractivity (Wildman–Crippen MR) is 166 cm³/mol. The molecule has 40 heavy (non-hydrogen) atoms. The van der Waals surface area contributed by atoms with Crippen LogP contribution in [-0.2, 0) is 16.0 Å². The molecule has 8 heteroatoms. The van der Waals surface area contributed by atoms with E-state index >= 15 is 0 Å². The molecule has 2 amide bonds. The third-order valence-corrected chi connectivity index (χ3v) is 7.68. The van der Waals surface area contributed by atoms with Gasteiger partial charge in [-0.15, -0.1) is 0 Å².